The van der Waals surface area contributed by atoms with Crippen molar-refractivity contribution in [3.8, 4) is 11.8 Å². The van der Waals surface area contributed by atoms with Crippen LogP contribution in [0, 0.1) is 18.8 Å². The van der Waals surface area contributed by atoms with Gasteiger partial charge in [0, 0.05) is 5.56 Å². The van der Waals surface area contributed by atoms with Crippen molar-refractivity contribution in [2.45, 2.75) is 31.6 Å². The molecule has 214 valence electrons. The normalized spacial score (nSPS) is 11.1. The van der Waals surface area contributed by atoms with Gasteiger partial charge in [0.25, 0.3) is 10.1 Å². The Hall–Kier alpha value is -2.78. The number of esters is 1. The maximum absolute atomic E-state index is 12.1. The minimum absolute atomic E-state index is 0.0656. The van der Waals surface area contributed by atoms with Crippen molar-refractivity contribution < 1.29 is 41.1 Å². The monoisotopic (exact) mass is 562 g/mol. The Morgan fingerprint density at radius 1 is 0.795 bits per heavy atom. The van der Waals surface area contributed by atoms with Gasteiger partial charge in [-0.2, -0.15) is 8.42 Å². The Morgan fingerprint density at radius 2 is 1.41 bits per heavy atom. The highest BCUT2D eigenvalue weighted by molar-refractivity contribution is 7.86. The molecule has 0 unspecified atom stereocenters. The number of hydrogen-bond donors (Lipinski definition) is 0. The molecule has 0 aliphatic carbocycles. The molecule has 0 atom stereocenters. The zero-order valence-electron chi connectivity index (χ0n) is 22.7. The van der Waals surface area contributed by atoms with Crippen LogP contribution in [0.5, 0.6) is 0 Å². The van der Waals surface area contributed by atoms with Crippen molar-refractivity contribution in [3.05, 3.63) is 65.2 Å². The van der Waals surface area contributed by atoms with Gasteiger partial charge in [-0.1, -0.05) is 48.9 Å². The Morgan fingerprint density at radius 3 is 2.05 bits per heavy atom. The summed E-state index contributed by atoms with van der Waals surface area (Å²) in [6.45, 7) is 6.96. The highest BCUT2D eigenvalue weighted by Crippen LogP contribution is 2.13. The van der Waals surface area contributed by atoms with E-state index in [1.54, 1.807) is 30.3 Å². The molecule has 0 fully saturated rings. The number of hydrogen-bond acceptors (Lipinski definition) is 9. The van der Waals surface area contributed by atoms with Crippen molar-refractivity contribution in [2.75, 3.05) is 66.1 Å². The first kappa shape index (κ1) is 32.4. The minimum Gasteiger partial charge on any atom is -0.462 e. The van der Waals surface area contributed by atoms with Crippen LogP contribution in [0.3, 0.4) is 0 Å². The molecule has 2 aromatic rings. The van der Waals surface area contributed by atoms with E-state index in [1.807, 2.05) is 19.9 Å². The number of carbonyl (C=O) groups is 1. The van der Waals surface area contributed by atoms with Crippen LogP contribution < -0.4 is 0 Å². The van der Waals surface area contributed by atoms with E-state index in [9.17, 15) is 13.2 Å². The lowest BCUT2D eigenvalue weighted by atomic mass is 10.1. The topological polar surface area (TPSA) is 107 Å². The zero-order chi connectivity index (χ0) is 28.2. The van der Waals surface area contributed by atoms with Crippen LogP contribution in [-0.2, 0) is 38.0 Å². The van der Waals surface area contributed by atoms with Crippen LogP contribution in [0.2, 0.25) is 0 Å². The summed E-state index contributed by atoms with van der Waals surface area (Å²) in [5, 5.41) is 0. The van der Waals surface area contributed by atoms with Gasteiger partial charge in [-0.15, -0.1) is 0 Å². The molecular formula is C29H38O9S. The van der Waals surface area contributed by atoms with Crippen LogP contribution in [0.25, 0.3) is 0 Å². The number of aryl methyl sites for hydroxylation is 1. The Labute approximate surface area is 231 Å². The van der Waals surface area contributed by atoms with Gasteiger partial charge < -0.3 is 23.7 Å². The summed E-state index contributed by atoms with van der Waals surface area (Å²) in [7, 11) is -3.78. The van der Waals surface area contributed by atoms with E-state index >= 15 is 0 Å². The minimum atomic E-state index is -3.78. The number of benzene rings is 2. The highest BCUT2D eigenvalue weighted by Gasteiger charge is 2.14. The lowest BCUT2D eigenvalue weighted by molar-refractivity contribution is -0.00166. The lowest BCUT2D eigenvalue weighted by Crippen LogP contribution is -2.15. The quantitative estimate of drug-likeness (QED) is 0.109. The fourth-order valence-electron chi connectivity index (χ4n) is 3.01. The van der Waals surface area contributed by atoms with Crippen LogP contribution in [-0.4, -0.2) is 80.5 Å². The number of rotatable bonds is 19. The molecule has 0 saturated heterocycles. The molecule has 10 heteroatoms. The van der Waals surface area contributed by atoms with E-state index in [0.29, 0.717) is 51.8 Å². The maximum atomic E-state index is 12.1. The average molecular weight is 563 g/mol. The summed E-state index contributed by atoms with van der Waals surface area (Å²) in [5.74, 6) is 5.55. The zero-order valence-corrected chi connectivity index (χ0v) is 23.5. The fourth-order valence-corrected chi connectivity index (χ4v) is 3.91. The molecular weight excluding hydrogens is 524 g/mol. The van der Waals surface area contributed by atoms with Crippen LogP contribution >= 0.6 is 0 Å². The molecule has 0 saturated carbocycles. The second-order valence-corrected chi connectivity index (χ2v) is 9.97. The molecule has 0 aromatic heterocycles. The summed E-state index contributed by atoms with van der Waals surface area (Å²) >= 11 is 0. The van der Waals surface area contributed by atoms with Crippen LogP contribution in [0.15, 0.2) is 53.4 Å². The van der Waals surface area contributed by atoms with Crippen molar-refractivity contribution in [3.63, 3.8) is 0 Å². The molecule has 0 aliphatic heterocycles. The summed E-state index contributed by atoms with van der Waals surface area (Å²) in [6, 6.07) is 13.5. The van der Waals surface area contributed by atoms with E-state index in [2.05, 4.69) is 11.8 Å². The number of carbonyl (C=O) groups excluding carboxylic acids is 1. The second kappa shape index (κ2) is 19.3. The van der Waals surface area contributed by atoms with Gasteiger partial charge in [-0.25, -0.2) is 4.79 Å². The van der Waals surface area contributed by atoms with Gasteiger partial charge in [0.2, 0.25) is 0 Å². The predicted octanol–water partition coefficient (Wildman–Crippen LogP) is 3.78. The van der Waals surface area contributed by atoms with Gasteiger partial charge in [-0.3, -0.25) is 4.18 Å². The fraction of sp³-hybridized carbons (Fsp3) is 0.483. The van der Waals surface area contributed by atoms with Gasteiger partial charge >= 0.3 is 5.97 Å². The molecule has 2 aromatic carbocycles. The van der Waals surface area contributed by atoms with Crippen LogP contribution in [0.4, 0.5) is 0 Å². The lowest BCUT2D eigenvalue weighted by Gasteiger charge is -2.08. The SMILES string of the molecule is CCCCOC(=O)c1cccc(C#CCOCCOCCOCCOCCOS(=O)(=O)c2ccc(C)cc2)c1. The molecule has 2 rings (SSSR count). The maximum Gasteiger partial charge on any atom is 0.338 e. The largest absolute Gasteiger partial charge is 0.462 e. The van der Waals surface area contributed by atoms with Crippen LogP contribution in [0.1, 0.15) is 41.3 Å². The third-order valence-corrected chi connectivity index (χ3v) is 6.45. The molecule has 39 heavy (non-hydrogen) atoms. The van der Waals surface area contributed by atoms with Crippen molar-refractivity contribution in [1.82, 2.24) is 0 Å². The Bertz CT molecular complexity index is 1140. The van der Waals surface area contributed by atoms with Crippen molar-refractivity contribution >= 4 is 16.1 Å². The van der Waals surface area contributed by atoms with Gasteiger partial charge in [0.1, 0.15) is 6.61 Å². The Balaban J connectivity index is 1.42. The average Bonchev–Trinajstić information content (AvgIpc) is 2.93. The van der Waals surface area contributed by atoms with Gasteiger partial charge in [-0.05, 0) is 43.7 Å². The molecule has 9 nitrogen and oxygen atoms in total. The summed E-state index contributed by atoms with van der Waals surface area (Å²) in [6.07, 6.45) is 1.82. The van der Waals surface area contributed by atoms with E-state index in [1.165, 1.54) is 12.1 Å². The molecule has 0 bridgehead atoms. The van der Waals surface area contributed by atoms with Gasteiger partial charge in [0.05, 0.1) is 69.9 Å². The molecule has 0 N–H and O–H groups in total. The van der Waals surface area contributed by atoms with E-state index < -0.39 is 10.1 Å². The third kappa shape index (κ3) is 14.3. The molecule has 0 spiro atoms. The Kier molecular flexibility index (Phi) is 16.1. The highest BCUT2D eigenvalue weighted by atomic mass is 32.2. The number of unbranched alkanes of at least 4 members (excludes halogenated alkanes) is 1. The van der Waals surface area contributed by atoms with Crippen molar-refractivity contribution in [1.29, 1.82) is 0 Å². The molecule has 0 aliphatic rings. The second-order valence-electron chi connectivity index (χ2n) is 8.35. The third-order valence-electron chi connectivity index (χ3n) is 5.13. The summed E-state index contributed by atoms with van der Waals surface area (Å²) < 4.78 is 55.9. The van der Waals surface area contributed by atoms with E-state index in [4.69, 9.17) is 27.9 Å². The number of ether oxygens (including phenoxy) is 5. The standard InChI is InChI=1S/C29H38O9S/c1-3-4-15-37-29(30)27-9-5-7-26(24-27)8-6-14-33-16-17-34-18-19-35-20-21-36-22-23-38-39(31,32)28-12-10-25(2)11-13-28/h5,7,9-13,24H,3-4,14-23H2,1-2H3. The smallest absolute Gasteiger partial charge is 0.338 e. The summed E-state index contributed by atoms with van der Waals surface area (Å²) in [5.41, 5.74) is 2.18. The molecule has 0 radical (unpaired) electrons. The molecule has 0 amide bonds. The van der Waals surface area contributed by atoms with Gasteiger partial charge in [0.15, 0.2) is 0 Å². The molecule has 0 heterocycles. The van der Waals surface area contributed by atoms with Crippen molar-refractivity contribution in [2.24, 2.45) is 0 Å². The summed E-state index contributed by atoms with van der Waals surface area (Å²) in [4.78, 5) is 12.1. The first-order chi connectivity index (χ1) is 18.9. The first-order valence-corrected chi connectivity index (χ1v) is 14.4. The van der Waals surface area contributed by atoms with E-state index in [-0.39, 0.29) is 30.7 Å². The first-order valence-electron chi connectivity index (χ1n) is 13.0. The van der Waals surface area contributed by atoms with E-state index in [0.717, 1.165) is 24.0 Å². The predicted molar refractivity (Wildman–Crippen MR) is 146 cm³/mol.